The van der Waals surface area contributed by atoms with Crippen molar-refractivity contribution in [3.05, 3.63) is 29.8 Å². The molecule has 0 aromatic heterocycles. The summed E-state index contributed by atoms with van der Waals surface area (Å²) >= 11 is 1.83. The molecule has 1 fully saturated rings. The van der Waals surface area contributed by atoms with Crippen LogP contribution in [0.3, 0.4) is 0 Å². The molecule has 2 rings (SSSR count). The molecule has 0 radical (unpaired) electrons. The number of benzene rings is 1. The maximum atomic E-state index is 12.2. The zero-order valence-corrected chi connectivity index (χ0v) is 13.2. The quantitative estimate of drug-likeness (QED) is 0.645. The van der Waals surface area contributed by atoms with E-state index in [1.165, 1.54) is 4.90 Å². The standard InChI is InChI=1S/C16H24N2OS/c1-13(2)20-15-5-3-14(4-6-15)16(19)7-10-18-11-8-17-9-12-18/h3-6,13,17H,7-12H2,1-2H3. The molecule has 110 valence electrons. The van der Waals surface area contributed by atoms with Gasteiger partial charge in [-0.25, -0.2) is 0 Å². The first-order valence-corrected chi connectivity index (χ1v) is 8.26. The van der Waals surface area contributed by atoms with E-state index in [0.717, 1.165) is 38.3 Å². The van der Waals surface area contributed by atoms with E-state index < -0.39 is 0 Å². The average Bonchev–Trinajstić information content (AvgIpc) is 2.46. The van der Waals surface area contributed by atoms with Crippen molar-refractivity contribution in [2.45, 2.75) is 30.4 Å². The molecule has 1 aliphatic rings. The van der Waals surface area contributed by atoms with Crippen molar-refractivity contribution in [2.75, 3.05) is 32.7 Å². The second kappa shape index (κ2) is 7.81. The smallest absolute Gasteiger partial charge is 0.164 e. The molecule has 1 aromatic rings. The molecule has 4 heteroatoms. The number of piperazine rings is 1. The van der Waals surface area contributed by atoms with Gasteiger partial charge in [-0.1, -0.05) is 26.0 Å². The number of ketones is 1. The van der Waals surface area contributed by atoms with E-state index >= 15 is 0 Å². The van der Waals surface area contributed by atoms with Gasteiger partial charge in [-0.15, -0.1) is 11.8 Å². The van der Waals surface area contributed by atoms with Gasteiger partial charge < -0.3 is 10.2 Å². The van der Waals surface area contributed by atoms with Crippen LogP contribution < -0.4 is 5.32 Å². The average molecular weight is 292 g/mol. The highest BCUT2D eigenvalue weighted by Crippen LogP contribution is 2.23. The van der Waals surface area contributed by atoms with Crippen molar-refractivity contribution in [1.82, 2.24) is 10.2 Å². The Balaban J connectivity index is 1.82. The van der Waals surface area contributed by atoms with Gasteiger partial charge in [0, 0.05) is 54.9 Å². The highest BCUT2D eigenvalue weighted by atomic mass is 32.2. The molecule has 1 aromatic carbocycles. The van der Waals surface area contributed by atoms with Gasteiger partial charge in [0.25, 0.3) is 0 Å². The molecule has 0 spiro atoms. The number of rotatable bonds is 6. The lowest BCUT2D eigenvalue weighted by Crippen LogP contribution is -2.44. The Hall–Kier alpha value is -0.840. The van der Waals surface area contributed by atoms with E-state index in [0.29, 0.717) is 11.7 Å². The van der Waals surface area contributed by atoms with Gasteiger partial charge in [-0.05, 0) is 12.1 Å². The Labute approximate surface area is 126 Å². The zero-order valence-electron chi connectivity index (χ0n) is 12.4. The van der Waals surface area contributed by atoms with Crippen molar-refractivity contribution in [3.8, 4) is 0 Å². The van der Waals surface area contributed by atoms with Crippen molar-refractivity contribution < 1.29 is 4.79 Å². The van der Waals surface area contributed by atoms with Crippen molar-refractivity contribution in [3.63, 3.8) is 0 Å². The van der Waals surface area contributed by atoms with Crippen LogP contribution in [0, 0.1) is 0 Å². The van der Waals surface area contributed by atoms with E-state index in [9.17, 15) is 4.79 Å². The van der Waals surface area contributed by atoms with Crippen LogP contribution in [0.15, 0.2) is 29.2 Å². The Bertz CT molecular complexity index is 425. The van der Waals surface area contributed by atoms with Gasteiger partial charge >= 0.3 is 0 Å². The summed E-state index contributed by atoms with van der Waals surface area (Å²) < 4.78 is 0. The lowest BCUT2D eigenvalue weighted by Gasteiger charge is -2.26. The molecule has 0 saturated carbocycles. The number of Topliss-reactive ketones (excluding diaryl/α,β-unsaturated/α-hetero) is 1. The highest BCUT2D eigenvalue weighted by Gasteiger charge is 2.12. The van der Waals surface area contributed by atoms with E-state index in [2.05, 4.69) is 36.2 Å². The molecule has 20 heavy (non-hydrogen) atoms. The Kier molecular flexibility index (Phi) is 6.07. The molecular formula is C16H24N2OS. The minimum absolute atomic E-state index is 0.254. The second-order valence-electron chi connectivity index (χ2n) is 5.46. The fourth-order valence-electron chi connectivity index (χ4n) is 2.33. The predicted octanol–water partition coefficient (Wildman–Crippen LogP) is 2.67. The maximum Gasteiger partial charge on any atom is 0.164 e. The fourth-order valence-corrected chi connectivity index (χ4v) is 3.17. The summed E-state index contributed by atoms with van der Waals surface area (Å²) in [5, 5.41) is 3.90. The molecule has 1 N–H and O–H groups in total. The second-order valence-corrected chi connectivity index (χ2v) is 7.11. The molecule has 3 nitrogen and oxygen atoms in total. The molecule has 0 atom stereocenters. The van der Waals surface area contributed by atoms with E-state index in [1.807, 2.05) is 23.9 Å². The maximum absolute atomic E-state index is 12.2. The van der Waals surface area contributed by atoms with Crippen LogP contribution in [0.4, 0.5) is 0 Å². The minimum atomic E-state index is 0.254. The van der Waals surface area contributed by atoms with Gasteiger partial charge in [0.1, 0.15) is 0 Å². The van der Waals surface area contributed by atoms with Gasteiger partial charge in [0.05, 0.1) is 0 Å². The van der Waals surface area contributed by atoms with Gasteiger partial charge in [0.15, 0.2) is 5.78 Å². The van der Waals surface area contributed by atoms with E-state index in [-0.39, 0.29) is 5.78 Å². The number of hydrogen-bond donors (Lipinski definition) is 1. The van der Waals surface area contributed by atoms with Crippen LogP contribution in [0.1, 0.15) is 30.6 Å². The predicted molar refractivity (Wildman–Crippen MR) is 85.7 cm³/mol. The molecule has 0 aliphatic carbocycles. The lowest BCUT2D eigenvalue weighted by atomic mass is 10.1. The number of carbonyl (C=O) groups is 1. The summed E-state index contributed by atoms with van der Waals surface area (Å²) in [7, 11) is 0. The van der Waals surface area contributed by atoms with Gasteiger partial charge in [0.2, 0.25) is 0 Å². The number of nitrogens with one attached hydrogen (secondary N) is 1. The van der Waals surface area contributed by atoms with Gasteiger partial charge in [-0.2, -0.15) is 0 Å². The van der Waals surface area contributed by atoms with E-state index in [4.69, 9.17) is 0 Å². The molecule has 1 aliphatic heterocycles. The molecule has 1 heterocycles. The molecule has 0 amide bonds. The summed E-state index contributed by atoms with van der Waals surface area (Å²) in [6.45, 7) is 9.41. The monoisotopic (exact) mass is 292 g/mol. The number of hydrogen-bond acceptors (Lipinski definition) is 4. The van der Waals surface area contributed by atoms with Crippen LogP contribution in [-0.2, 0) is 0 Å². The van der Waals surface area contributed by atoms with Crippen LogP contribution in [-0.4, -0.2) is 48.7 Å². The Morgan fingerprint density at radius 2 is 1.90 bits per heavy atom. The molecular weight excluding hydrogens is 268 g/mol. The number of thioether (sulfide) groups is 1. The van der Waals surface area contributed by atoms with Crippen LogP contribution >= 0.6 is 11.8 Å². The third kappa shape index (κ3) is 4.93. The summed E-state index contributed by atoms with van der Waals surface area (Å²) in [4.78, 5) is 15.8. The van der Waals surface area contributed by atoms with Crippen LogP contribution in [0.2, 0.25) is 0 Å². The van der Waals surface area contributed by atoms with Crippen LogP contribution in [0.25, 0.3) is 0 Å². The zero-order chi connectivity index (χ0) is 14.4. The Morgan fingerprint density at radius 1 is 1.25 bits per heavy atom. The normalized spacial score (nSPS) is 16.6. The first kappa shape index (κ1) is 15.5. The molecule has 0 unspecified atom stereocenters. The number of carbonyl (C=O) groups excluding carboxylic acids is 1. The van der Waals surface area contributed by atoms with E-state index in [1.54, 1.807) is 0 Å². The molecule has 1 saturated heterocycles. The van der Waals surface area contributed by atoms with Crippen LogP contribution in [0.5, 0.6) is 0 Å². The number of nitrogens with zero attached hydrogens (tertiary/aromatic N) is 1. The summed E-state index contributed by atoms with van der Waals surface area (Å²) in [5.74, 6) is 0.254. The summed E-state index contributed by atoms with van der Waals surface area (Å²) in [6, 6.07) is 8.04. The van der Waals surface area contributed by atoms with Gasteiger partial charge in [-0.3, -0.25) is 4.79 Å². The summed E-state index contributed by atoms with van der Waals surface area (Å²) in [5.41, 5.74) is 0.841. The van der Waals surface area contributed by atoms with Crippen molar-refractivity contribution in [2.24, 2.45) is 0 Å². The third-order valence-corrected chi connectivity index (χ3v) is 4.43. The third-order valence-electron chi connectivity index (χ3n) is 3.41. The van der Waals surface area contributed by atoms with Crippen molar-refractivity contribution in [1.29, 1.82) is 0 Å². The lowest BCUT2D eigenvalue weighted by molar-refractivity contribution is 0.0960. The first-order valence-electron chi connectivity index (χ1n) is 7.38. The van der Waals surface area contributed by atoms with Crippen molar-refractivity contribution >= 4 is 17.5 Å². The fraction of sp³-hybridized carbons (Fsp3) is 0.562. The largest absolute Gasteiger partial charge is 0.314 e. The first-order chi connectivity index (χ1) is 9.65. The topological polar surface area (TPSA) is 32.3 Å². The Morgan fingerprint density at radius 3 is 2.50 bits per heavy atom. The minimum Gasteiger partial charge on any atom is -0.314 e. The summed E-state index contributed by atoms with van der Waals surface area (Å²) in [6.07, 6.45) is 0.622. The SMILES string of the molecule is CC(C)Sc1ccc(C(=O)CCN2CCNCC2)cc1. The highest BCUT2D eigenvalue weighted by molar-refractivity contribution is 7.99. The molecule has 0 bridgehead atoms.